The third-order valence-electron chi connectivity index (χ3n) is 2.32. The van der Waals surface area contributed by atoms with Crippen LogP contribution in [0.5, 0.6) is 0 Å². The van der Waals surface area contributed by atoms with Crippen molar-refractivity contribution < 1.29 is 14.7 Å². The van der Waals surface area contributed by atoms with Gasteiger partial charge in [-0.15, -0.1) is 16.4 Å². The zero-order valence-corrected chi connectivity index (χ0v) is 13.1. The van der Waals surface area contributed by atoms with Gasteiger partial charge in [0.25, 0.3) is 0 Å². The summed E-state index contributed by atoms with van der Waals surface area (Å²) in [6.45, 7) is -0.0645. The highest BCUT2D eigenvalue weighted by Crippen LogP contribution is 2.22. The molecule has 1 amide bonds. The van der Waals surface area contributed by atoms with E-state index in [0.29, 0.717) is 5.69 Å². The number of nitrogens with zero attached hydrogens (tertiary/aromatic N) is 3. The van der Waals surface area contributed by atoms with Crippen molar-refractivity contribution in [1.29, 1.82) is 0 Å². The van der Waals surface area contributed by atoms with Crippen LogP contribution in [0.1, 0.15) is 10.6 Å². The van der Waals surface area contributed by atoms with Gasteiger partial charge >= 0.3 is 5.97 Å². The zero-order chi connectivity index (χ0) is 15.2. The van der Waals surface area contributed by atoms with E-state index in [1.807, 2.05) is 12.1 Å². The summed E-state index contributed by atoms with van der Waals surface area (Å²) < 4.78 is 2.20. The number of rotatable bonds is 6. The highest BCUT2D eigenvalue weighted by molar-refractivity contribution is 9.11. The third-order valence-corrected chi connectivity index (χ3v) is 3.91. The Morgan fingerprint density at radius 1 is 1.48 bits per heavy atom. The van der Waals surface area contributed by atoms with E-state index in [9.17, 15) is 9.59 Å². The van der Waals surface area contributed by atoms with Crippen LogP contribution in [0.4, 0.5) is 0 Å². The lowest BCUT2D eigenvalue weighted by molar-refractivity contribution is -0.137. The van der Waals surface area contributed by atoms with Gasteiger partial charge in [-0.25, -0.2) is 4.68 Å². The van der Waals surface area contributed by atoms with Crippen LogP contribution >= 0.6 is 27.3 Å². The summed E-state index contributed by atoms with van der Waals surface area (Å²) in [7, 11) is 0. The van der Waals surface area contributed by atoms with Crippen molar-refractivity contribution in [3.8, 4) is 0 Å². The standard InChI is InChI=1S/C12H11BrN4O3S/c13-10-3-1-9(21-10)2-4-11(18)14-5-8-6-17(16-15-8)7-12(19)20/h1-4,6H,5,7H2,(H,14,18)(H,19,20)/b4-2+. The van der Waals surface area contributed by atoms with E-state index in [1.54, 1.807) is 6.08 Å². The van der Waals surface area contributed by atoms with E-state index in [4.69, 9.17) is 5.11 Å². The van der Waals surface area contributed by atoms with Crippen molar-refractivity contribution in [2.45, 2.75) is 13.1 Å². The molecule has 0 aliphatic heterocycles. The summed E-state index contributed by atoms with van der Waals surface area (Å²) in [6, 6.07) is 3.80. The maximum absolute atomic E-state index is 11.6. The lowest BCUT2D eigenvalue weighted by Gasteiger charge is -1.97. The number of carbonyl (C=O) groups is 2. The molecule has 2 aromatic heterocycles. The van der Waals surface area contributed by atoms with Crippen LogP contribution in [-0.2, 0) is 22.7 Å². The molecule has 0 aliphatic carbocycles. The molecule has 0 unspecified atom stereocenters. The fourth-order valence-corrected chi connectivity index (χ4v) is 2.77. The lowest BCUT2D eigenvalue weighted by Crippen LogP contribution is -2.20. The van der Waals surface area contributed by atoms with Crippen molar-refractivity contribution in [2.24, 2.45) is 0 Å². The number of amides is 1. The maximum Gasteiger partial charge on any atom is 0.325 e. The van der Waals surface area contributed by atoms with Crippen molar-refractivity contribution in [3.05, 3.63) is 38.8 Å². The van der Waals surface area contributed by atoms with Crippen molar-refractivity contribution in [2.75, 3.05) is 0 Å². The molecule has 0 fully saturated rings. The first-order valence-electron chi connectivity index (χ1n) is 5.85. The van der Waals surface area contributed by atoms with Crippen LogP contribution in [0.3, 0.4) is 0 Å². The predicted molar refractivity (Wildman–Crippen MR) is 80.6 cm³/mol. The van der Waals surface area contributed by atoms with E-state index >= 15 is 0 Å². The number of halogens is 1. The smallest absolute Gasteiger partial charge is 0.325 e. The molecule has 0 radical (unpaired) electrons. The van der Waals surface area contributed by atoms with Crippen LogP contribution in [0.25, 0.3) is 6.08 Å². The Bertz CT molecular complexity index is 680. The molecule has 0 bridgehead atoms. The van der Waals surface area contributed by atoms with Gasteiger partial charge in [-0.1, -0.05) is 5.21 Å². The fourth-order valence-electron chi connectivity index (χ4n) is 1.45. The summed E-state index contributed by atoms with van der Waals surface area (Å²) in [5.41, 5.74) is 0.497. The van der Waals surface area contributed by atoms with E-state index < -0.39 is 5.97 Å². The number of carboxylic acids is 1. The number of aromatic nitrogens is 3. The van der Waals surface area contributed by atoms with Crippen LogP contribution in [0.2, 0.25) is 0 Å². The van der Waals surface area contributed by atoms with Gasteiger partial charge in [0.1, 0.15) is 12.2 Å². The molecule has 21 heavy (non-hydrogen) atoms. The molecule has 0 saturated carbocycles. The summed E-state index contributed by atoms with van der Waals surface area (Å²) in [4.78, 5) is 23.1. The van der Waals surface area contributed by atoms with Crippen molar-refractivity contribution in [3.63, 3.8) is 0 Å². The molecule has 2 N–H and O–H groups in total. The quantitative estimate of drug-likeness (QED) is 0.751. The molecule has 2 rings (SSSR count). The number of aliphatic carboxylic acids is 1. The van der Waals surface area contributed by atoms with Crippen LogP contribution < -0.4 is 5.32 Å². The van der Waals surface area contributed by atoms with Gasteiger partial charge in [0.15, 0.2) is 0 Å². The highest BCUT2D eigenvalue weighted by Gasteiger charge is 2.05. The minimum absolute atomic E-state index is 0.191. The summed E-state index contributed by atoms with van der Waals surface area (Å²) in [6.07, 6.45) is 4.63. The third kappa shape index (κ3) is 5.12. The topological polar surface area (TPSA) is 97.1 Å². The molecular weight excluding hydrogens is 360 g/mol. The normalized spacial score (nSPS) is 10.9. The summed E-state index contributed by atoms with van der Waals surface area (Å²) in [5, 5.41) is 18.7. The first kappa shape index (κ1) is 15.4. The number of hydrogen-bond donors (Lipinski definition) is 2. The SMILES string of the molecule is O=C(O)Cn1cc(CNC(=O)/C=C/c2ccc(Br)s2)nn1. The summed E-state index contributed by atoms with van der Waals surface area (Å²) >= 11 is 4.87. The monoisotopic (exact) mass is 370 g/mol. The Labute approximate surface area is 132 Å². The van der Waals surface area contributed by atoms with Gasteiger partial charge in [0, 0.05) is 11.0 Å². The second-order valence-electron chi connectivity index (χ2n) is 3.99. The molecule has 2 aromatic rings. The molecule has 7 nitrogen and oxygen atoms in total. The Kier molecular flexibility index (Phi) is 5.23. The minimum atomic E-state index is -1.000. The zero-order valence-electron chi connectivity index (χ0n) is 10.7. The predicted octanol–water partition coefficient (Wildman–Crippen LogP) is 1.52. The van der Waals surface area contributed by atoms with Gasteiger partial charge in [-0.3, -0.25) is 9.59 Å². The van der Waals surface area contributed by atoms with Gasteiger partial charge in [0.2, 0.25) is 5.91 Å². The molecule has 110 valence electrons. The van der Waals surface area contributed by atoms with E-state index in [2.05, 4.69) is 31.6 Å². The number of carboxylic acid groups (broad SMARTS) is 1. The maximum atomic E-state index is 11.6. The van der Waals surface area contributed by atoms with Crippen molar-refractivity contribution in [1.82, 2.24) is 20.3 Å². The van der Waals surface area contributed by atoms with Gasteiger partial charge in [-0.05, 0) is 34.1 Å². The largest absolute Gasteiger partial charge is 0.480 e. The Morgan fingerprint density at radius 3 is 2.95 bits per heavy atom. The first-order valence-corrected chi connectivity index (χ1v) is 7.46. The molecule has 0 aromatic carbocycles. The van der Waals surface area contributed by atoms with Crippen LogP contribution in [0, 0.1) is 0 Å². The van der Waals surface area contributed by atoms with Crippen LogP contribution in [0.15, 0.2) is 28.2 Å². The fraction of sp³-hybridized carbons (Fsp3) is 0.167. The van der Waals surface area contributed by atoms with Crippen LogP contribution in [-0.4, -0.2) is 32.0 Å². The molecule has 0 atom stereocenters. The molecule has 0 spiro atoms. The van der Waals surface area contributed by atoms with Gasteiger partial charge < -0.3 is 10.4 Å². The first-order chi connectivity index (χ1) is 10.0. The number of thiophene rings is 1. The molecule has 0 saturated heterocycles. The summed E-state index contributed by atoms with van der Waals surface area (Å²) in [5.74, 6) is -1.26. The second-order valence-corrected chi connectivity index (χ2v) is 6.49. The Hall–Kier alpha value is -2.00. The molecule has 2 heterocycles. The number of hydrogen-bond acceptors (Lipinski definition) is 5. The highest BCUT2D eigenvalue weighted by atomic mass is 79.9. The van der Waals surface area contributed by atoms with E-state index in [0.717, 1.165) is 8.66 Å². The van der Waals surface area contributed by atoms with E-state index in [1.165, 1.54) is 28.3 Å². The average molecular weight is 371 g/mol. The molecular formula is C12H11BrN4O3S. The van der Waals surface area contributed by atoms with E-state index in [-0.39, 0.29) is 19.0 Å². The Balaban J connectivity index is 1.82. The number of carbonyl (C=O) groups excluding carboxylic acids is 1. The number of nitrogens with one attached hydrogen (secondary N) is 1. The minimum Gasteiger partial charge on any atom is -0.480 e. The van der Waals surface area contributed by atoms with Gasteiger partial charge in [0.05, 0.1) is 16.5 Å². The lowest BCUT2D eigenvalue weighted by atomic mass is 10.4. The van der Waals surface area contributed by atoms with Crippen molar-refractivity contribution >= 4 is 45.2 Å². The average Bonchev–Trinajstić information content (AvgIpc) is 3.02. The molecule has 0 aliphatic rings. The van der Waals surface area contributed by atoms with Gasteiger partial charge in [-0.2, -0.15) is 0 Å². The Morgan fingerprint density at radius 2 is 2.29 bits per heavy atom. The second kappa shape index (κ2) is 7.14. The molecule has 9 heteroatoms.